The van der Waals surface area contributed by atoms with E-state index in [0.717, 1.165) is 5.56 Å². The van der Waals surface area contributed by atoms with Crippen LogP contribution in [0.15, 0.2) is 12.1 Å². The molecule has 1 aromatic rings. The first-order chi connectivity index (χ1) is 5.52. The van der Waals surface area contributed by atoms with E-state index in [4.69, 9.17) is 5.73 Å². The number of aryl methyl sites for hydroxylation is 1. The summed E-state index contributed by atoms with van der Waals surface area (Å²) in [6, 6.07) is 3.09. The van der Waals surface area contributed by atoms with Crippen molar-refractivity contribution >= 4 is 34.0 Å². The highest BCUT2D eigenvalue weighted by atomic mass is 127. The lowest BCUT2D eigenvalue weighted by Crippen LogP contribution is -1.96. The topological polar surface area (TPSA) is 69.2 Å². The molecule has 64 valence electrons. The van der Waals surface area contributed by atoms with E-state index in [1.165, 1.54) is 6.07 Å². The number of hydrogen-bond donors (Lipinski definition) is 1. The summed E-state index contributed by atoms with van der Waals surface area (Å²) in [6.07, 6.45) is 0. The van der Waals surface area contributed by atoms with E-state index >= 15 is 0 Å². The predicted octanol–water partition coefficient (Wildman–Crippen LogP) is 2.09. The number of rotatable bonds is 1. The summed E-state index contributed by atoms with van der Waals surface area (Å²) in [5, 5.41) is 10.4. The monoisotopic (exact) mass is 278 g/mol. The summed E-state index contributed by atoms with van der Waals surface area (Å²) in [5.74, 6) is 0. The third kappa shape index (κ3) is 1.66. The lowest BCUT2D eigenvalue weighted by atomic mass is 10.2. The number of nitro benzene ring substituents is 1. The molecular weight excluding hydrogens is 271 g/mol. The van der Waals surface area contributed by atoms with E-state index in [9.17, 15) is 10.1 Å². The quantitative estimate of drug-likeness (QED) is 0.370. The van der Waals surface area contributed by atoms with Crippen molar-refractivity contribution in [2.75, 3.05) is 5.73 Å². The van der Waals surface area contributed by atoms with E-state index in [0.29, 0.717) is 9.26 Å². The fourth-order valence-electron chi connectivity index (χ4n) is 0.822. The number of benzene rings is 1. The Kier molecular flexibility index (Phi) is 2.51. The van der Waals surface area contributed by atoms with Gasteiger partial charge in [-0.1, -0.05) is 0 Å². The zero-order valence-corrected chi connectivity index (χ0v) is 8.53. The lowest BCUT2D eigenvalue weighted by Gasteiger charge is -2.00. The van der Waals surface area contributed by atoms with Crippen molar-refractivity contribution in [3.63, 3.8) is 0 Å². The Morgan fingerprint density at radius 3 is 2.67 bits per heavy atom. The molecule has 0 saturated heterocycles. The number of nitrogens with two attached hydrogens (primary N) is 1. The Balaban J connectivity index is 3.33. The summed E-state index contributed by atoms with van der Waals surface area (Å²) in [4.78, 5) is 10.0. The van der Waals surface area contributed by atoms with E-state index in [1.54, 1.807) is 13.0 Å². The van der Waals surface area contributed by atoms with Crippen LogP contribution < -0.4 is 5.73 Å². The molecule has 0 bridgehead atoms. The molecule has 2 N–H and O–H groups in total. The Morgan fingerprint density at radius 1 is 1.58 bits per heavy atom. The van der Waals surface area contributed by atoms with Gasteiger partial charge in [-0.25, -0.2) is 0 Å². The highest BCUT2D eigenvalue weighted by molar-refractivity contribution is 14.1. The number of nitrogens with zero attached hydrogens (tertiary/aromatic N) is 1. The van der Waals surface area contributed by atoms with Gasteiger partial charge < -0.3 is 5.73 Å². The van der Waals surface area contributed by atoms with Gasteiger partial charge in [0.15, 0.2) is 0 Å². The molecular formula is C7H7IN2O2. The fourth-order valence-corrected chi connectivity index (χ4v) is 1.51. The van der Waals surface area contributed by atoms with Gasteiger partial charge in [-0.15, -0.1) is 0 Å². The maximum absolute atomic E-state index is 10.4. The highest BCUT2D eigenvalue weighted by Crippen LogP contribution is 2.25. The zero-order chi connectivity index (χ0) is 9.30. The first-order valence-corrected chi connectivity index (χ1v) is 4.30. The third-order valence-corrected chi connectivity index (χ3v) is 2.40. The normalized spacial score (nSPS) is 9.83. The van der Waals surface area contributed by atoms with Crippen molar-refractivity contribution in [2.24, 2.45) is 0 Å². The lowest BCUT2D eigenvalue weighted by molar-refractivity contribution is -0.385. The molecule has 0 radical (unpaired) electrons. The Bertz CT molecular complexity index is 338. The molecule has 0 fully saturated rings. The second-order valence-corrected chi connectivity index (χ2v) is 3.58. The minimum Gasteiger partial charge on any atom is -0.398 e. The molecule has 0 spiro atoms. The standard InChI is InChI=1S/C7H7IN2O2/c1-4-2-7(10(11)12)5(8)3-6(4)9/h2-3H,9H2,1H3. The molecule has 0 aliphatic carbocycles. The third-order valence-electron chi connectivity index (χ3n) is 1.53. The molecule has 0 unspecified atom stereocenters. The van der Waals surface area contributed by atoms with Crippen molar-refractivity contribution in [3.8, 4) is 0 Å². The number of anilines is 1. The van der Waals surface area contributed by atoms with Crippen molar-refractivity contribution in [2.45, 2.75) is 6.92 Å². The van der Waals surface area contributed by atoms with Gasteiger partial charge in [0.1, 0.15) is 0 Å². The Morgan fingerprint density at radius 2 is 2.17 bits per heavy atom. The maximum Gasteiger partial charge on any atom is 0.283 e. The largest absolute Gasteiger partial charge is 0.398 e. The van der Waals surface area contributed by atoms with Crippen LogP contribution in [0.2, 0.25) is 0 Å². The second kappa shape index (κ2) is 3.26. The van der Waals surface area contributed by atoms with Crippen molar-refractivity contribution < 1.29 is 4.92 Å². The van der Waals surface area contributed by atoms with Gasteiger partial charge in [-0.2, -0.15) is 0 Å². The average molecular weight is 278 g/mol. The fraction of sp³-hybridized carbons (Fsp3) is 0.143. The number of nitro groups is 1. The minimum absolute atomic E-state index is 0.113. The first kappa shape index (κ1) is 9.24. The van der Waals surface area contributed by atoms with Crippen LogP contribution in [0.4, 0.5) is 11.4 Å². The average Bonchev–Trinajstić information content (AvgIpc) is 1.96. The molecule has 0 aromatic heterocycles. The van der Waals surface area contributed by atoms with Crippen LogP contribution in [0.1, 0.15) is 5.56 Å². The number of nitrogen functional groups attached to an aromatic ring is 1. The highest BCUT2D eigenvalue weighted by Gasteiger charge is 2.12. The Hall–Kier alpha value is -0.850. The molecule has 1 rings (SSSR count). The smallest absolute Gasteiger partial charge is 0.283 e. The Labute approximate surface area is 83.1 Å². The van der Waals surface area contributed by atoms with Gasteiger partial charge in [0.05, 0.1) is 8.49 Å². The van der Waals surface area contributed by atoms with Crippen LogP contribution in [0.3, 0.4) is 0 Å². The number of halogens is 1. The van der Waals surface area contributed by atoms with Crippen LogP contribution in [0.25, 0.3) is 0 Å². The summed E-state index contributed by atoms with van der Waals surface area (Å²) >= 11 is 1.90. The van der Waals surface area contributed by atoms with E-state index in [2.05, 4.69) is 0 Å². The van der Waals surface area contributed by atoms with Crippen LogP contribution in [-0.4, -0.2) is 4.92 Å². The summed E-state index contributed by atoms with van der Waals surface area (Å²) in [5.41, 5.74) is 7.00. The zero-order valence-electron chi connectivity index (χ0n) is 6.37. The molecule has 0 amide bonds. The molecule has 0 aliphatic rings. The second-order valence-electron chi connectivity index (χ2n) is 2.42. The van der Waals surface area contributed by atoms with Gasteiger partial charge in [0, 0.05) is 11.8 Å². The molecule has 12 heavy (non-hydrogen) atoms. The molecule has 0 heterocycles. The van der Waals surface area contributed by atoms with Gasteiger partial charge in [-0.05, 0) is 41.1 Å². The maximum atomic E-state index is 10.4. The van der Waals surface area contributed by atoms with Crippen LogP contribution in [0, 0.1) is 20.6 Å². The molecule has 0 saturated carbocycles. The first-order valence-electron chi connectivity index (χ1n) is 3.22. The SMILES string of the molecule is Cc1cc([N+](=O)[O-])c(I)cc1N. The van der Waals surface area contributed by atoms with Crippen molar-refractivity contribution in [1.29, 1.82) is 0 Å². The number of hydrogen-bond acceptors (Lipinski definition) is 3. The van der Waals surface area contributed by atoms with E-state index < -0.39 is 4.92 Å². The van der Waals surface area contributed by atoms with Crippen molar-refractivity contribution in [1.82, 2.24) is 0 Å². The van der Waals surface area contributed by atoms with Gasteiger partial charge in [0.2, 0.25) is 0 Å². The van der Waals surface area contributed by atoms with Gasteiger partial charge in [-0.3, -0.25) is 10.1 Å². The van der Waals surface area contributed by atoms with Crippen molar-refractivity contribution in [3.05, 3.63) is 31.4 Å². The van der Waals surface area contributed by atoms with Crippen LogP contribution in [0.5, 0.6) is 0 Å². The van der Waals surface area contributed by atoms with Gasteiger partial charge >= 0.3 is 0 Å². The molecule has 0 aliphatic heterocycles. The molecule has 4 nitrogen and oxygen atoms in total. The van der Waals surface area contributed by atoms with Gasteiger partial charge in [0.25, 0.3) is 5.69 Å². The molecule has 1 aromatic carbocycles. The van der Waals surface area contributed by atoms with E-state index in [1.807, 2.05) is 22.6 Å². The van der Waals surface area contributed by atoms with Crippen LogP contribution in [-0.2, 0) is 0 Å². The summed E-state index contributed by atoms with van der Waals surface area (Å²) < 4.78 is 0.570. The summed E-state index contributed by atoms with van der Waals surface area (Å²) in [6.45, 7) is 1.75. The summed E-state index contributed by atoms with van der Waals surface area (Å²) in [7, 11) is 0. The predicted molar refractivity (Wildman–Crippen MR) is 55.0 cm³/mol. The minimum atomic E-state index is -0.409. The molecule has 0 atom stereocenters. The van der Waals surface area contributed by atoms with Crippen LogP contribution >= 0.6 is 22.6 Å². The molecule has 5 heteroatoms. The van der Waals surface area contributed by atoms with E-state index in [-0.39, 0.29) is 5.69 Å².